The standard InChI is InChI=1S/C19H24N4O2/c1-14-10-17(6-8-20-14)22-19(25)21-11-18(24)13-23-9-7-15-4-2-3-5-16(15)12-23/h2-6,8,10,18,24H,7,9,11-13H2,1H3,(H2,20,21,22,25). The van der Waals surface area contributed by atoms with Gasteiger partial charge in [0.1, 0.15) is 0 Å². The fourth-order valence-electron chi connectivity index (χ4n) is 3.08. The van der Waals surface area contributed by atoms with Crippen molar-refractivity contribution in [1.82, 2.24) is 15.2 Å². The lowest BCUT2D eigenvalue weighted by Crippen LogP contribution is -2.42. The topological polar surface area (TPSA) is 77.5 Å². The number of β-amino-alcohol motifs (C(OH)–C–C–N with tert-alkyl or cyclic N) is 1. The average Bonchev–Trinajstić information content (AvgIpc) is 2.60. The molecule has 0 fully saturated rings. The maximum absolute atomic E-state index is 11.9. The monoisotopic (exact) mass is 340 g/mol. The quantitative estimate of drug-likeness (QED) is 0.777. The van der Waals surface area contributed by atoms with Gasteiger partial charge in [-0.1, -0.05) is 24.3 Å². The van der Waals surface area contributed by atoms with Gasteiger partial charge in [0, 0.05) is 43.8 Å². The number of rotatable bonds is 5. The number of aryl methyl sites for hydroxylation is 1. The molecule has 1 aliphatic heterocycles. The molecule has 3 N–H and O–H groups in total. The van der Waals surface area contributed by atoms with Crippen molar-refractivity contribution in [2.75, 3.05) is 25.0 Å². The van der Waals surface area contributed by atoms with Gasteiger partial charge in [-0.2, -0.15) is 0 Å². The molecule has 3 rings (SSSR count). The second kappa shape index (κ2) is 8.09. The third-order valence-electron chi connectivity index (χ3n) is 4.33. The number of urea groups is 1. The molecule has 1 unspecified atom stereocenters. The Morgan fingerprint density at radius 1 is 1.32 bits per heavy atom. The molecule has 0 spiro atoms. The molecule has 1 aliphatic rings. The first-order chi connectivity index (χ1) is 12.1. The maximum atomic E-state index is 11.9. The number of fused-ring (bicyclic) bond motifs is 1. The summed E-state index contributed by atoms with van der Waals surface area (Å²) < 4.78 is 0. The van der Waals surface area contributed by atoms with Gasteiger partial charge in [-0.3, -0.25) is 9.88 Å². The van der Waals surface area contributed by atoms with E-state index in [-0.39, 0.29) is 12.6 Å². The smallest absolute Gasteiger partial charge is 0.319 e. The van der Waals surface area contributed by atoms with Crippen molar-refractivity contribution in [2.45, 2.75) is 26.0 Å². The Hall–Kier alpha value is -2.44. The molecular weight excluding hydrogens is 316 g/mol. The van der Waals surface area contributed by atoms with Gasteiger partial charge in [-0.05, 0) is 36.6 Å². The van der Waals surface area contributed by atoms with Crippen LogP contribution >= 0.6 is 0 Å². The fraction of sp³-hybridized carbons (Fsp3) is 0.368. The van der Waals surface area contributed by atoms with Crippen LogP contribution in [-0.4, -0.2) is 46.8 Å². The summed E-state index contributed by atoms with van der Waals surface area (Å²) in [5.41, 5.74) is 4.23. The summed E-state index contributed by atoms with van der Waals surface area (Å²) in [6, 6.07) is 11.6. The highest BCUT2D eigenvalue weighted by Gasteiger charge is 2.18. The van der Waals surface area contributed by atoms with Crippen LogP contribution < -0.4 is 10.6 Å². The van der Waals surface area contributed by atoms with E-state index in [2.05, 4.69) is 38.7 Å². The number of carbonyl (C=O) groups excluding carboxylic acids is 1. The Morgan fingerprint density at radius 3 is 2.92 bits per heavy atom. The zero-order valence-electron chi connectivity index (χ0n) is 14.4. The van der Waals surface area contributed by atoms with Crippen molar-refractivity contribution < 1.29 is 9.90 Å². The molecule has 132 valence electrons. The van der Waals surface area contributed by atoms with Gasteiger partial charge in [0.05, 0.1) is 6.10 Å². The third-order valence-corrected chi connectivity index (χ3v) is 4.33. The molecule has 0 saturated heterocycles. The van der Waals surface area contributed by atoms with Gasteiger partial charge in [0.25, 0.3) is 0 Å². The molecule has 6 heteroatoms. The lowest BCUT2D eigenvalue weighted by Gasteiger charge is -2.30. The molecule has 2 aromatic rings. The summed E-state index contributed by atoms with van der Waals surface area (Å²) in [6.45, 7) is 4.40. The first-order valence-corrected chi connectivity index (χ1v) is 8.55. The van der Waals surface area contributed by atoms with Crippen LogP contribution in [0, 0.1) is 6.92 Å². The van der Waals surface area contributed by atoms with Crippen LogP contribution in [0.25, 0.3) is 0 Å². The minimum atomic E-state index is -0.602. The number of aliphatic hydroxyl groups is 1. The van der Waals surface area contributed by atoms with Crippen molar-refractivity contribution in [3.63, 3.8) is 0 Å². The van der Waals surface area contributed by atoms with Crippen molar-refractivity contribution >= 4 is 11.7 Å². The van der Waals surface area contributed by atoms with Gasteiger partial charge < -0.3 is 15.7 Å². The van der Waals surface area contributed by atoms with E-state index >= 15 is 0 Å². The van der Waals surface area contributed by atoms with E-state index in [1.807, 2.05) is 13.0 Å². The number of anilines is 1. The summed E-state index contributed by atoms with van der Waals surface area (Å²) in [7, 11) is 0. The van der Waals surface area contributed by atoms with Crippen molar-refractivity contribution in [1.29, 1.82) is 0 Å². The van der Waals surface area contributed by atoms with Crippen LogP contribution in [0.3, 0.4) is 0 Å². The number of benzene rings is 1. The largest absolute Gasteiger partial charge is 0.390 e. The third kappa shape index (κ3) is 5.01. The minimum Gasteiger partial charge on any atom is -0.390 e. The van der Waals surface area contributed by atoms with Crippen molar-refractivity contribution in [2.24, 2.45) is 0 Å². The fourth-order valence-corrected chi connectivity index (χ4v) is 3.08. The van der Waals surface area contributed by atoms with E-state index in [9.17, 15) is 9.90 Å². The normalized spacial score (nSPS) is 15.3. The second-order valence-electron chi connectivity index (χ2n) is 6.43. The van der Waals surface area contributed by atoms with Gasteiger partial charge >= 0.3 is 6.03 Å². The molecular formula is C19H24N4O2. The van der Waals surface area contributed by atoms with E-state index in [0.29, 0.717) is 12.2 Å². The highest BCUT2D eigenvalue weighted by Crippen LogP contribution is 2.18. The minimum absolute atomic E-state index is 0.216. The molecule has 2 amide bonds. The summed E-state index contributed by atoms with van der Waals surface area (Å²) in [5, 5.41) is 15.7. The summed E-state index contributed by atoms with van der Waals surface area (Å²) >= 11 is 0. The molecule has 25 heavy (non-hydrogen) atoms. The average molecular weight is 340 g/mol. The first-order valence-electron chi connectivity index (χ1n) is 8.55. The van der Waals surface area contributed by atoms with Crippen LogP contribution in [-0.2, 0) is 13.0 Å². The van der Waals surface area contributed by atoms with Crippen molar-refractivity contribution in [3.05, 3.63) is 59.4 Å². The lowest BCUT2D eigenvalue weighted by atomic mass is 10.00. The van der Waals surface area contributed by atoms with E-state index < -0.39 is 6.10 Å². The molecule has 1 aromatic heterocycles. The van der Waals surface area contributed by atoms with E-state index in [1.54, 1.807) is 18.3 Å². The van der Waals surface area contributed by atoms with E-state index in [4.69, 9.17) is 0 Å². The highest BCUT2D eigenvalue weighted by atomic mass is 16.3. The van der Waals surface area contributed by atoms with Crippen LogP contribution in [0.5, 0.6) is 0 Å². The molecule has 1 aromatic carbocycles. The second-order valence-corrected chi connectivity index (χ2v) is 6.43. The van der Waals surface area contributed by atoms with Crippen LogP contribution in [0.1, 0.15) is 16.8 Å². The zero-order valence-corrected chi connectivity index (χ0v) is 14.4. The van der Waals surface area contributed by atoms with Gasteiger partial charge in [-0.25, -0.2) is 4.79 Å². The maximum Gasteiger partial charge on any atom is 0.319 e. The van der Waals surface area contributed by atoms with Crippen LogP contribution in [0.2, 0.25) is 0 Å². The van der Waals surface area contributed by atoms with Gasteiger partial charge in [0.2, 0.25) is 0 Å². The molecule has 0 saturated carbocycles. The summed E-state index contributed by atoms with van der Waals surface area (Å²) in [5.74, 6) is 0. The van der Waals surface area contributed by atoms with Gasteiger partial charge in [0.15, 0.2) is 0 Å². The number of aromatic nitrogens is 1. The number of pyridine rings is 1. The number of amides is 2. The summed E-state index contributed by atoms with van der Waals surface area (Å²) in [6.07, 6.45) is 2.04. The Balaban J connectivity index is 1.42. The highest BCUT2D eigenvalue weighted by molar-refractivity contribution is 5.89. The molecule has 1 atom stereocenters. The molecule has 0 bridgehead atoms. The zero-order chi connectivity index (χ0) is 17.6. The summed E-state index contributed by atoms with van der Waals surface area (Å²) in [4.78, 5) is 18.2. The number of hydrogen-bond donors (Lipinski definition) is 3. The van der Waals surface area contributed by atoms with E-state index in [1.165, 1.54) is 11.1 Å². The Labute approximate surface area is 147 Å². The lowest BCUT2D eigenvalue weighted by molar-refractivity contribution is 0.106. The predicted octanol–water partition coefficient (Wildman–Crippen LogP) is 1.93. The first kappa shape index (κ1) is 17.4. The number of nitrogens with one attached hydrogen (secondary N) is 2. The molecule has 0 radical (unpaired) electrons. The van der Waals surface area contributed by atoms with Crippen LogP contribution in [0.4, 0.5) is 10.5 Å². The number of aliphatic hydroxyl groups excluding tert-OH is 1. The van der Waals surface area contributed by atoms with Crippen LogP contribution in [0.15, 0.2) is 42.6 Å². The SMILES string of the molecule is Cc1cc(NC(=O)NCC(O)CN2CCc3ccccc3C2)ccn1. The molecule has 6 nitrogen and oxygen atoms in total. The molecule has 2 heterocycles. The number of hydrogen-bond acceptors (Lipinski definition) is 4. The number of nitrogens with zero attached hydrogens (tertiary/aromatic N) is 2. The predicted molar refractivity (Wildman–Crippen MR) is 97.4 cm³/mol. The number of carbonyl (C=O) groups is 1. The van der Waals surface area contributed by atoms with Crippen molar-refractivity contribution in [3.8, 4) is 0 Å². The molecule has 0 aliphatic carbocycles. The Bertz CT molecular complexity index is 735. The van der Waals surface area contributed by atoms with Gasteiger partial charge in [-0.15, -0.1) is 0 Å². The van der Waals surface area contributed by atoms with E-state index in [0.717, 1.165) is 25.2 Å². The Morgan fingerprint density at radius 2 is 2.12 bits per heavy atom. The Kier molecular flexibility index (Phi) is 5.63.